The molecule has 1 aliphatic rings. The van der Waals surface area contributed by atoms with E-state index in [0.717, 1.165) is 12.8 Å². The lowest BCUT2D eigenvalue weighted by molar-refractivity contribution is 0.202. The van der Waals surface area contributed by atoms with Gasteiger partial charge in [-0.3, -0.25) is 5.10 Å². The first-order chi connectivity index (χ1) is 7.53. The highest BCUT2D eigenvalue weighted by molar-refractivity contribution is 7.89. The fraction of sp³-hybridized carbons (Fsp3) is 0.700. The molecule has 1 aliphatic heterocycles. The molecule has 6 heteroatoms. The van der Waals surface area contributed by atoms with E-state index < -0.39 is 10.0 Å². The first-order valence-corrected chi connectivity index (χ1v) is 6.98. The van der Waals surface area contributed by atoms with Gasteiger partial charge in [-0.1, -0.05) is 6.92 Å². The molecule has 2 rings (SSSR count). The largest absolute Gasteiger partial charge is 0.266 e. The number of hydrogen-bond donors (Lipinski definition) is 1. The second-order valence-electron chi connectivity index (χ2n) is 4.40. The molecule has 0 aromatic carbocycles. The minimum absolute atomic E-state index is 0.0575. The van der Waals surface area contributed by atoms with Crippen LogP contribution in [0.3, 0.4) is 0 Å². The van der Waals surface area contributed by atoms with Gasteiger partial charge in [-0.2, -0.15) is 9.40 Å². The van der Waals surface area contributed by atoms with Gasteiger partial charge in [0.15, 0.2) is 5.03 Å². The van der Waals surface area contributed by atoms with Crippen LogP contribution >= 0.6 is 0 Å². The highest BCUT2D eigenvalue weighted by Crippen LogP contribution is 2.27. The zero-order valence-electron chi connectivity index (χ0n) is 9.55. The third-order valence-corrected chi connectivity index (χ3v) is 5.29. The van der Waals surface area contributed by atoms with E-state index in [1.165, 1.54) is 12.3 Å². The summed E-state index contributed by atoms with van der Waals surface area (Å²) in [4.78, 5) is 0. The van der Waals surface area contributed by atoms with E-state index in [4.69, 9.17) is 0 Å². The molecule has 5 nitrogen and oxygen atoms in total. The summed E-state index contributed by atoms with van der Waals surface area (Å²) in [5.74, 6) is 0.409. The SMILES string of the molecule is CC1CCCN(S(=O)(=O)c2ccn[nH]2)C1C. The van der Waals surface area contributed by atoms with Gasteiger partial charge in [0, 0.05) is 12.6 Å². The molecule has 0 radical (unpaired) electrons. The van der Waals surface area contributed by atoms with Crippen molar-refractivity contribution in [1.82, 2.24) is 14.5 Å². The van der Waals surface area contributed by atoms with Gasteiger partial charge in [-0.15, -0.1) is 0 Å². The van der Waals surface area contributed by atoms with Crippen LogP contribution in [0.25, 0.3) is 0 Å². The van der Waals surface area contributed by atoms with Gasteiger partial charge in [0.2, 0.25) is 0 Å². The Bertz CT molecular complexity index is 441. The summed E-state index contributed by atoms with van der Waals surface area (Å²) in [5.41, 5.74) is 0. The van der Waals surface area contributed by atoms with Crippen molar-refractivity contribution in [1.29, 1.82) is 0 Å². The molecule has 2 unspecified atom stereocenters. The lowest BCUT2D eigenvalue weighted by Crippen LogP contribution is -2.45. The number of sulfonamides is 1. The quantitative estimate of drug-likeness (QED) is 0.849. The maximum Gasteiger partial charge on any atom is 0.260 e. The van der Waals surface area contributed by atoms with Crippen LogP contribution in [0.15, 0.2) is 17.3 Å². The van der Waals surface area contributed by atoms with Crippen LogP contribution in [-0.2, 0) is 10.0 Å². The zero-order chi connectivity index (χ0) is 11.8. The lowest BCUT2D eigenvalue weighted by Gasteiger charge is -2.36. The van der Waals surface area contributed by atoms with Gasteiger partial charge in [0.1, 0.15) is 0 Å². The molecule has 1 N–H and O–H groups in total. The number of aromatic nitrogens is 2. The lowest BCUT2D eigenvalue weighted by atomic mass is 9.94. The molecule has 1 fully saturated rings. The second-order valence-corrected chi connectivity index (χ2v) is 6.26. The fourth-order valence-corrected chi connectivity index (χ4v) is 3.82. The maximum absolute atomic E-state index is 12.3. The van der Waals surface area contributed by atoms with Crippen LogP contribution in [0.4, 0.5) is 0 Å². The predicted octanol–water partition coefficient (Wildman–Crippen LogP) is 1.22. The van der Waals surface area contributed by atoms with Gasteiger partial charge in [0.25, 0.3) is 10.0 Å². The van der Waals surface area contributed by atoms with E-state index in [9.17, 15) is 8.42 Å². The summed E-state index contributed by atoms with van der Waals surface area (Å²) in [7, 11) is -3.39. The smallest absolute Gasteiger partial charge is 0.260 e. The Kier molecular flexibility index (Phi) is 3.03. The minimum Gasteiger partial charge on any atom is -0.266 e. The summed E-state index contributed by atoms with van der Waals surface area (Å²) < 4.78 is 26.1. The maximum atomic E-state index is 12.3. The molecule has 0 amide bonds. The molecular weight excluding hydrogens is 226 g/mol. The number of piperidine rings is 1. The van der Waals surface area contributed by atoms with Crippen molar-refractivity contribution in [2.75, 3.05) is 6.54 Å². The number of rotatable bonds is 2. The number of nitrogens with one attached hydrogen (secondary N) is 1. The highest BCUT2D eigenvalue weighted by atomic mass is 32.2. The van der Waals surface area contributed by atoms with Crippen molar-refractivity contribution in [3.63, 3.8) is 0 Å². The summed E-state index contributed by atoms with van der Waals surface area (Å²) in [6.07, 6.45) is 3.49. The third-order valence-electron chi connectivity index (χ3n) is 3.38. The molecule has 2 atom stereocenters. The number of nitrogens with zero attached hydrogens (tertiary/aromatic N) is 2. The van der Waals surface area contributed by atoms with Gasteiger partial charge < -0.3 is 0 Å². The summed E-state index contributed by atoms with van der Waals surface area (Å²) in [5, 5.41) is 6.42. The Morgan fingerprint density at radius 3 is 2.88 bits per heavy atom. The van der Waals surface area contributed by atoms with Crippen molar-refractivity contribution < 1.29 is 8.42 Å². The van der Waals surface area contributed by atoms with E-state index in [1.807, 2.05) is 6.92 Å². The van der Waals surface area contributed by atoms with Crippen molar-refractivity contribution in [2.24, 2.45) is 5.92 Å². The summed E-state index contributed by atoms with van der Waals surface area (Å²) in [6.45, 7) is 4.67. The number of aromatic amines is 1. The van der Waals surface area contributed by atoms with E-state index in [-0.39, 0.29) is 11.1 Å². The van der Waals surface area contributed by atoms with E-state index in [2.05, 4.69) is 17.1 Å². The molecule has 0 bridgehead atoms. The summed E-state index contributed by atoms with van der Waals surface area (Å²) in [6, 6.07) is 1.56. The van der Waals surface area contributed by atoms with Crippen LogP contribution in [0.5, 0.6) is 0 Å². The Labute approximate surface area is 95.9 Å². The zero-order valence-corrected chi connectivity index (χ0v) is 10.4. The summed E-state index contributed by atoms with van der Waals surface area (Å²) >= 11 is 0. The van der Waals surface area contributed by atoms with Crippen molar-refractivity contribution in [3.8, 4) is 0 Å². The Morgan fingerprint density at radius 1 is 1.50 bits per heavy atom. The van der Waals surface area contributed by atoms with Gasteiger partial charge >= 0.3 is 0 Å². The molecule has 1 aromatic rings. The van der Waals surface area contributed by atoms with Crippen LogP contribution in [0.1, 0.15) is 26.7 Å². The van der Waals surface area contributed by atoms with Crippen LogP contribution in [-0.4, -0.2) is 35.5 Å². The van der Waals surface area contributed by atoms with Gasteiger partial charge in [0.05, 0.1) is 6.20 Å². The Morgan fingerprint density at radius 2 is 2.25 bits per heavy atom. The van der Waals surface area contributed by atoms with Gasteiger partial charge in [-0.25, -0.2) is 8.42 Å². The fourth-order valence-electron chi connectivity index (χ4n) is 2.15. The standard InChI is InChI=1S/C10H17N3O2S/c1-8-4-3-7-13(9(8)2)16(14,15)10-5-6-11-12-10/h5-6,8-9H,3-4,7H2,1-2H3,(H,11,12). The Balaban J connectivity index is 2.30. The topological polar surface area (TPSA) is 66.1 Å². The average Bonchev–Trinajstić information content (AvgIpc) is 2.75. The molecule has 1 aromatic heterocycles. The molecule has 90 valence electrons. The van der Waals surface area contributed by atoms with E-state index in [0.29, 0.717) is 12.5 Å². The van der Waals surface area contributed by atoms with Crippen LogP contribution in [0.2, 0.25) is 0 Å². The molecular formula is C10H17N3O2S. The molecule has 16 heavy (non-hydrogen) atoms. The normalized spacial score (nSPS) is 28.1. The van der Waals surface area contributed by atoms with Crippen molar-refractivity contribution >= 4 is 10.0 Å². The van der Waals surface area contributed by atoms with E-state index >= 15 is 0 Å². The second kappa shape index (κ2) is 4.18. The molecule has 2 heterocycles. The Hall–Kier alpha value is -0.880. The monoisotopic (exact) mass is 243 g/mol. The first kappa shape index (κ1) is 11.6. The molecule has 0 saturated carbocycles. The molecule has 0 aliphatic carbocycles. The van der Waals surface area contributed by atoms with Crippen molar-refractivity contribution in [3.05, 3.63) is 12.3 Å². The van der Waals surface area contributed by atoms with Gasteiger partial charge in [-0.05, 0) is 31.7 Å². The van der Waals surface area contributed by atoms with Crippen LogP contribution in [0, 0.1) is 5.92 Å². The number of hydrogen-bond acceptors (Lipinski definition) is 3. The minimum atomic E-state index is -3.39. The predicted molar refractivity (Wildman–Crippen MR) is 60.3 cm³/mol. The van der Waals surface area contributed by atoms with Crippen LogP contribution < -0.4 is 0 Å². The molecule has 0 spiro atoms. The average molecular weight is 243 g/mol. The van der Waals surface area contributed by atoms with E-state index in [1.54, 1.807) is 4.31 Å². The number of H-pyrrole nitrogens is 1. The third kappa shape index (κ3) is 1.87. The van der Waals surface area contributed by atoms with Crippen molar-refractivity contribution in [2.45, 2.75) is 37.8 Å². The molecule has 1 saturated heterocycles. The first-order valence-electron chi connectivity index (χ1n) is 5.54. The highest BCUT2D eigenvalue weighted by Gasteiger charge is 2.35.